The molecule has 1 unspecified atom stereocenters. The van der Waals surface area contributed by atoms with E-state index in [9.17, 15) is 18.3 Å². The number of unbranched alkanes of at least 4 members (excludes halogenated alkanes) is 1. The molecule has 2 rings (SSSR count). The summed E-state index contributed by atoms with van der Waals surface area (Å²) in [6, 6.07) is 5.71. The van der Waals surface area contributed by atoms with Crippen LogP contribution in [0.2, 0.25) is 0 Å². The van der Waals surface area contributed by atoms with Gasteiger partial charge in [0.25, 0.3) is 10.0 Å². The molecule has 33 heavy (non-hydrogen) atoms. The molecule has 9 nitrogen and oxygen atoms in total. The summed E-state index contributed by atoms with van der Waals surface area (Å²) in [5.41, 5.74) is -4.13. The molecular formula is C22H34FN3O6S. The Morgan fingerprint density at radius 1 is 1.30 bits per heavy atom. The fourth-order valence-electron chi connectivity index (χ4n) is 3.54. The minimum atomic E-state index is -4.26. The molecule has 0 spiro atoms. The van der Waals surface area contributed by atoms with Gasteiger partial charge in [-0.3, -0.25) is 5.32 Å². The Kier molecular flexibility index (Phi) is 8.83. The van der Waals surface area contributed by atoms with Gasteiger partial charge in [-0.2, -0.15) is 0 Å². The zero-order valence-corrected chi connectivity index (χ0v) is 20.6. The van der Waals surface area contributed by atoms with Crippen molar-refractivity contribution in [2.45, 2.75) is 70.0 Å². The number of nitrogens with zero attached hydrogens (tertiary/aromatic N) is 2. The Balaban J connectivity index is 2.71. The number of hydrogen-bond acceptors (Lipinski definition) is 7. The maximum atomic E-state index is 15.1. The lowest BCUT2D eigenvalue weighted by Crippen LogP contribution is -2.60. The van der Waals surface area contributed by atoms with Crippen molar-refractivity contribution in [3.8, 4) is 0 Å². The SMILES string of the molecule is CCCCOC1[C@@](CCCO)(c2ccccc2F)N=C(NC(=O)OC(C)(C)C)N(C)S1(=O)=O. The van der Waals surface area contributed by atoms with Crippen molar-refractivity contribution in [1.82, 2.24) is 9.62 Å². The van der Waals surface area contributed by atoms with Crippen LogP contribution in [-0.4, -0.2) is 61.2 Å². The maximum Gasteiger partial charge on any atom is 0.414 e. The van der Waals surface area contributed by atoms with Crippen LogP contribution in [0.1, 0.15) is 58.9 Å². The minimum Gasteiger partial charge on any atom is -0.444 e. The first-order valence-corrected chi connectivity index (χ1v) is 12.4. The van der Waals surface area contributed by atoms with Crippen LogP contribution < -0.4 is 5.32 Å². The molecular weight excluding hydrogens is 453 g/mol. The lowest BCUT2D eigenvalue weighted by atomic mass is 9.85. The topological polar surface area (TPSA) is 118 Å². The number of ether oxygens (including phenoxy) is 2. The number of aliphatic hydroxyl groups excluding tert-OH is 1. The molecule has 0 aromatic heterocycles. The number of aliphatic hydroxyl groups is 1. The van der Waals surface area contributed by atoms with Gasteiger partial charge >= 0.3 is 6.09 Å². The van der Waals surface area contributed by atoms with E-state index in [4.69, 9.17) is 9.47 Å². The summed E-state index contributed by atoms with van der Waals surface area (Å²) >= 11 is 0. The van der Waals surface area contributed by atoms with E-state index >= 15 is 4.39 Å². The molecule has 0 fully saturated rings. The second-order valence-corrected chi connectivity index (χ2v) is 10.9. The highest BCUT2D eigenvalue weighted by molar-refractivity contribution is 7.90. The van der Waals surface area contributed by atoms with Crippen LogP contribution in [0, 0.1) is 5.82 Å². The fourth-order valence-corrected chi connectivity index (χ4v) is 5.21. The van der Waals surface area contributed by atoms with Crippen molar-refractivity contribution >= 4 is 22.1 Å². The number of benzene rings is 1. The van der Waals surface area contributed by atoms with Gasteiger partial charge < -0.3 is 14.6 Å². The molecule has 2 atom stereocenters. The van der Waals surface area contributed by atoms with E-state index in [0.29, 0.717) is 6.42 Å². The van der Waals surface area contributed by atoms with E-state index in [1.165, 1.54) is 25.2 Å². The summed E-state index contributed by atoms with van der Waals surface area (Å²) in [5, 5.41) is 11.9. The quantitative estimate of drug-likeness (QED) is 0.544. The minimum absolute atomic E-state index is 0.000104. The number of sulfonamides is 1. The van der Waals surface area contributed by atoms with Crippen molar-refractivity contribution in [2.24, 2.45) is 4.99 Å². The molecule has 0 aliphatic carbocycles. The van der Waals surface area contributed by atoms with Crippen molar-refractivity contribution in [3.63, 3.8) is 0 Å². The molecule has 0 saturated carbocycles. The number of aliphatic imine (C=N–C) groups is 1. The first-order valence-electron chi connectivity index (χ1n) is 10.9. The highest BCUT2D eigenvalue weighted by Crippen LogP contribution is 2.43. The van der Waals surface area contributed by atoms with Gasteiger partial charge in [0, 0.05) is 25.8 Å². The molecule has 1 aliphatic rings. The van der Waals surface area contributed by atoms with E-state index in [1.807, 2.05) is 6.92 Å². The van der Waals surface area contributed by atoms with E-state index in [1.54, 1.807) is 26.8 Å². The summed E-state index contributed by atoms with van der Waals surface area (Å²) in [4.78, 5) is 17.0. The van der Waals surface area contributed by atoms with Crippen molar-refractivity contribution in [1.29, 1.82) is 0 Å². The molecule has 0 saturated heterocycles. The zero-order chi connectivity index (χ0) is 24.9. The fraction of sp³-hybridized carbons (Fsp3) is 0.636. The number of amides is 1. The third-order valence-electron chi connectivity index (χ3n) is 5.08. The molecule has 1 heterocycles. The third kappa shape index (κ3) is 6.21. The number of rotatable bonds is 8. The van der Waals surface area contributed by atoms with Crippen LogP contribution in [0.3, 0.4) is 0 Å². The highest BCUT2D eigenvalue weighted by atomic mass is 32.2. The Hall–Kier alpha value is -2.24. The van der Waals surface area contributed by atoms with Gasteiger partial charge in [0.1, 0.15) is 17.0 Å². The van der Waals surface area contributed by atoms with Crippen LogP contribution in [0.5, 0.6) is 0 Å². The van der Waals surface area contributed by atoms with E-state index in [-0.39, 0.29) is 37.6 Å². The average molecular weight is 488 g/mol. The van der Waals surface area contributed by atoms with Gasteiger partial charge in [-0.15, -0.1) is 0 Å². The van der Waals surface area contributed by atoms with Gasteiger partial charge in [-0.25, -0.2) is 26.9 Å². The first-order chi connectivity index (χ1) is 15.4. The molecule has 186 valence electrons. The van der Waals surface area contributed by atoms with E-state index < -0.39 is 38.5 Å². The van der Waals surface area contributed by atoms with Gasteiger partial charge in [-0.05, 0) is 46.1 Å². The molecule has 0 bridgehead atoms. The molecule has 1 amide bonds. The normalized spacial score (nSPS) is 22.6. The number of carbonyl (C=O) groups is 1. The number of hydrogen-bond donors (Lipinski definition) is 2. The van der Waals surface area contributed by atoms with Gasteiger partial charge in [0.15, 0.2) is 0 Å². The number of halogens is 1. The summed E-state index contributed by atoms with van der Waals surface area (Å²) < 4.78 is 54.1. The Morgan fingerprint density at radius 3 is 2.55 bits per heavy atom. The van der Waals surface area contributed by atoms with E-state index in [0.717, 1.165) is 10.7 Å². The van der Waals surface area contributed by atoms with Crippen molar-refractivity contribution in [3.05, 3.63) is 35.6 Å². The zero-order valence-electron chi connectivity index (χ0n) is 19.8. The van der Waals surface area contributed by atoms with Gasteiger partial charge in [0.05, 0.1) is 0 Å². The number of nitrogens with one attached hydrogen (secondary N) is 1. The summed E-state index contributed by atoms with van der Waals surface area (Å²) in [6.45, 7) is 6.78. The summed E-state index contributed by atoms with van der Waals surface area (Å²) in [6.07, 6.45) is 0.549. The Morgan fingerprint density at radius 2 is 1.97 bits per heavy atom. The second kappa shape index (κ2) is 10.8. The van der Waals surface area contributed by atoms with Crippen LogP contribution in [0.25, 0.3) is 0 Å². The van der Waals surface area contributed by atoms with E-state index in [2.05, 4.69) is 10.3 Å². The predicted molar refractivity (Wildman–Crippen MR) is 123 cm³/mol. The lowest BCUT2D eigenvalue weighted by molar-refractivity contribution is 0.0350. The monoisotopic (exact) mass is 487 g/mol. The summed E-state index contributed by atoms with van der Waals surface area (Å²) in [7, 11) is -3.03. The smallest absolute Gasteiger partial charge is 0.414 e. The van der Waals surface area contributed by atoms with Crippen LogP contribution in [0.4, 0.5) is 9.18 Å². The first kappa shape index (κ1) is 27.0. The second-order valence-electron chi connectivity index (χ2n) is 8.86. The molecule has 1 aliphatic heterocycles. The Labute approximate surface area is 195 Å². The third-order valence-corrected chi connectivity index (χ3v) is 7.09. The van der Waals surface area contributed by atoms with Crippen LogP contribution >= 0.6 is 0 Å². The molecule has 1 aromatic rings. The van der Waals surface area contributed by atoms with Crippen LogP contribution in [-0.2, 0) is 25.0 Å². The highest BCUT2D eigenvalue weighted by Gasteiger charge is 2.55. The summed E-state index contributed by atoms with van der Waals surface area (Å²) in [5.74, 6) is -0.986. The largest absolute Gasteiger partial charge is 0.444 e. The van der Waals surface area contributed by atoms with Gasteiger partial charge in [-0.1, -0.05) is 31.5 Å². The van der Waals surface area contributed by atoms with Gasteiger partial charge in [0.2, 0.25) is 11.4 Å². The maximum absolute atomic E-state index is 15.1. The predicted octanol–water partition coefficient (Wildman–Crippen LogP) is 3.09. The number of carbonyl (C=O) groups excluding carboxylic acids is 1. The molecule has 0 radical (unpaired) electrons. The average Bonchev–Trinajstić information content (AvgIpc) is 2.71. The Bertz CT molecular complexity index is 963. The van der Waals surface area contributed by atoms with Crippen LogP contribution in [0.15, 0.2) is 29.3 Å². The number of guanidine groups is 1. The molecule has 1 aromatic carbocycles. The standard InChI is InChI=1S/C22H34FN3O6S/c1-6-7-15-31-18-22(13-10-14-27,16-11-8-9-12-17(16)23)25-19(26(5)33(18,29)30)24-20(28)32-21(2,3)4/h8-9,11-12,18,27H,6-7,10,13-15H2,1-5H3,(H,24,25,28)/t18?,22-/m1/s1. The number of alkyl carbamates (subject to hydrolysis) is 1. The van der Waals surface area contributed by atoms with Crippen molar-refractivity contribution in [2.75, 3.05) is 20.3 Å². The van der Waals surface area contributed by atoms with Crippen molar-refractivity contribution < 1.29 is 32.2 Å². The lowest BCUT2D eigenvalue weighted by Gasteiger charge is -2.43. The molecule has 11 heteroatoms. The molecule has 2 N–H and O–H groups in total.